The number of nitrogens with zero attached hydrogens (tertiary/aromatic N) is 4. The first-order valence-corrected chi connectivity index (χ1v) is 7.96. The third kappa shape index (κ3) is 2.65. The van der Waals surface area contributed by atoms with Crippen molar-refractivity contribution >= 4 is 11.7 Å². The highest BCUT2D eigenvalue weighted by Gasteiger charge is 2.33. The zero-order valence-electron chi connectivity index (χ0n) is 13.9. The van der Waals surface area contributed by atoms with Gasteiger partial charge in [-0.3, -0.25) is 4.90 Å². The highest BCUT2D eigenvalue weighted by molar-refractivity contribution is 5.96. The Morgan fingerprint density at radius 3 is 2.62 bits per heavy atom. The van der Waals surface area contributed by atoms with Crippen LogP contribution >= 0.6 is 0 Å². The van der Waals surface area contributed by atoms with Crippen LogP contribution in [0.5, 0.6) is 5.75 Å². The van der Waals surface area contributed by atoms with Gasteiger partial charge in [-0.05, 0) is 29.8 Å². The minimum absolute atomic E-state index is 0.172. The molecule has 0 saturated carbocycles. The number of hydrogen-bond acceptors (Lipinski definition) is 4. The van der Waals surface area contributed by atoms with E-state index in [1.54, 1.807) is 43.5 Å². The largest absolute Gasteiger partial charge is 0.497 e. The summed E-state index contributed by atoms with van der Waals surface area (Å²) in [5, 5.41) is 4.26. The van der Waals surface area contributed by atoms with E-state index >= 15 is 0 Å². The summed E-state index contributed by atoms with van der Waals surface area (Å²) in [5.74, 6) is 0.635. The normalized spacial score (nSPS) is 13.2. The molecule has 3 aromatic rings. The minimum Gasteiger partial charge on any atom is -0.497 e. The van der Waals surface area contributed by atoms with Crippen LogP contribution in [0.1, 0.15) is 11.4 Å². The summed E-state index contributed by atoms with van der Waals surface area (Å²) in [6, 6.07) is 12.4. The quantitative estimate of drug-likeness (QED) is 0.720. The molecule has 0 radical (unpaired) electrons. The molecule has 2 heterocycles. The van der Waals surface area contributed by atoms with Crippen molar-refractivity contribution in [2.45, 2.75) is 13.1 Å². The molecule has 26 heavy (non-hydrogen) atoms. The van der Waals surface area contributed by atoms with Crippen LogP contribution in [0.2, 0.25) is 0 Å². The van der Waals surface area contributed by atoms with E-state index < -0.39 is 11.7 Å². The molecule has 0 bridgehead atoms. The van der Waals surface area contributed by atoms with Crippen molar-refractivity contribution in [2.75, 3.05) is 12.0 Å². The van der Waals surface area contributed by atoms with Crippen LogP contribution < -0.4 is 15.3 Å². The monoisotopic (exact) mass is 354 g/mol. The molecule has 0 unspecified atom stereocenters. The number of ether oxygens (including phenoxy) is 1. The fourth-order valence-electron chi connectivity index (χ4n) is 2.92. The second kappa shape index (κ2) is 6.14. The first-order valence-electron chi connectivity index (χ1n) is 7.96. The number of carbonyl (C=O) groups is 1. The number of fused-ring (bicyclic) bond motifs is 1. The van der Waals surface area contributed by atoms with Crippen molar-refractivity contribution in [2.24, 2.45) is 0 Å². The maximum atomic E-state index is 13.0. The molecule has 0 fully saturated rings. The molecule has 1 aromatic heterocycles. The summed E-state index contributed by atoms with van der Waals surface area (Å²) in [6.07, 6.45) is 0. The Morgan fingerprint density at radius 2 is 1.92 bits per heavy atom. The van der Waals surface area contributed by atoms with Crippen molar-refractivity contribution in [3.8, 4) is 5.75 Å². The molecular formula is C18H15FN4O3. The summed E-state index contributed by atoms with van der Waals surface area (Å²) in [4.78, 5) is 26.7. The zero-order chi connectivity index (χ0) is 18.3. The molecule has 0 atom stereocenters. The molecule has 4 rings (SSSR count). The predicted molar refractivity (Wildman–Crippen MR) is 92.0 cm³/mol. The van der Waals surface area contributed by atoms with Gasteiger partial charge in [-0.25, -0.2) is 18.7 Å². The summed E-state index contributed by atoms with van der Waals surface area (Å²) in [7, 11) is 1.55. The number of halogens is 1. The van der Waals surface area contributed by atoms with E-state index in [1.807, 2.05) is 0 Å². The van der Waals surface area contributed by atoms with Crippen LogP contribution in [0, 0.1) is 5.82 Å². The number of benzene rings is 2. The Hall–Kier alpha value is -3.42. The molecule has 0 N–H and O–H groups in total. The minimum atomic E-state index is -0.514. The Kier molecular flexibility index (Phi) is 3.80. The standard InChI is InChI=1S/C18H15FN4O3/c1-26-15-4-2-3-14(9-15)21-11-16-20-22(18(25)23(16)17(21)24)10-12-5-7-13(19)8-6-12/h2-9H,10-11H2,1H3. The van der Waals surface area contributed by atoms with E-state index in [-0.39, 0.29) is 18.9 Å². The maximum absolute atomic E-state index is 13.0. The number of carbonyl (C=O) groups excluding carboxylic acids is 1. The highest BCUT2D eigenvalue weighted by Crippen LogP contribution is 2.25. The lowest BCUT2D eigenvalue weighted by Crippen LogP contribution is -2.35. The predicted octanol–water partition coefficient (Wildman–Crippen LogP) is 2.23. The van der Waals surface area contributed by atoms with Gasteiger partial charge < -0.3 is 4.74 Å². The van der Waals surface area contributed by atoms with E-state index in [9.17, 15) is 14.0 Å². The molecule has 1 aliphatic heterocycles. The van der Waals surface area contributed by atoms with E-state index in [2.05, 4.69) is 5.10 Å². The van der Waals surface area contributed by atoms with Crippen molar-refractivity contribution in [3.05, 3.63) is 76.2 Å². The summed E-state index contributed by atoms with van der Waals surface area (Å²) in [6.45, 7) is 0.364. The summed E-state index contributed by atoms with van der Waals surface area (Å²) < 4.78 is 20.4. The van der Waals surface area contributed by atoms with Gasteiger partial charge in [0.15, 0.2) is 5.82 Å². The maximum Gasteiger partial charge on any atom is 0.354 e. The Bertz CT molecular complexity index is 1040. The van der Waals surface area contributed by atoms with Gasteiger partial charge in [0.05, 0.1) is 20.2 Å². The number of amides is 1. The first-order chi connectivity index (χ1) is 12.6. The molecule has 1 aliphatic rings. The molecule has 0 aliphatic carbocycles. The number of aromatic nitrogens is 3. The van der Waals surface area contributed by atoms with Gasteiger partial charge in [0.25, 0.3) is 0 Å². The molecule has 2 aromatic carbocycles. The van der Waals surface area contributed by atoms with Crippen molar-refractivity contribution in [1.29, 1.82) is 0 Å². The topological polar surface area (TPSA) is 69.4 Å². The number of methoxy groups -OCH3 is 1. The fourth-order valence-corrected chi connectivity index (χ4v) is 2.92. The van der Waals surface area contributed by atoms with Crippen LogP contribution in [0.4, 0.5) is 14.9 Å². The molecule has 1 amide bonds. The van der Waals surface area contributed by atoms with E-state index in [0.717, 1.165) is 10.1 Å². The van der Waals surface area contributed by atoms with Crippen LogP contribution in [0.3, 0.4) is 0 Å². The Morgan fingerprint density at radius 1 is 1.15 bits per heavy atom. The lowest BCUT2D eigenvalue weighted by molar-refractivity contribution is 0.250. The van der Waals surface area contributed by atoms with Gasteiger partial charge in [0.2, 0.25) is 0 Å². The van der Waals surface area contributed by atoms with Crippen LogP contribution in [0.25, 0.3) is 0 Å². The Labute approximate surface area is 147 Å². The Balaban J connectivity index is 1.62. The lowest BCUT2D eigenvalue weighted by atomic mass is 10.2. The first kappa shape index (κ1) is 16.1. The third-order valence-electron chi connectivity index (χ3n) is 4.24. The fraction of sp³-hybridized carbons (Fsp3) is 0.167. The van der Waals surface area contributed by atoms with Crippen LogP contribution in [-0.2, 0) is 13.1 Å². The number of rotatable bonds is 4. The van der Waals surface area contributed by atoms with E-state index in [4.69, 9.17) is 4.74 Å². The molecular weight excluding hydrogens is 339 g/mol. The van der Waals surface area contributed by atoms with Crippen molar-refractivity contribution in [3.63, 3.8) is 0 Å². The third-order valence-corrected chi connectivity index (χ3v) is 4.24. The van der Waals surface area contributed by atoms with Gasteiger partial charge in [-0.1, -0.05) is 18.2 Å². The van der Waals surface area contributed by atoms with Crippen LogP contribution in [0.15, 0.2) is 53.3 Å². The van der Waals surface area contributed by atoms with E-state index in [0.29, 0.717) is 17.3 Å². The molecule has 0 saturated heterocycles. The van der Waals surface area contributed by atoms with Gasteiger partial charge in [0, 0.05) is 11.8 Å². The van der Waals surface area contributed by atoms with E-state index in [1.165, 1.54) is 21.7 Å². The molecule has 7 nitrogen and oxygen atoms in total. The second-order valence-electron chi connectivity index (χ2n) is 5.89. The SMILES string of the molecule is COc1cccc(N2Cc3nn(Cc4ccc(F)cc4)c(=O)n3C2=O)c1. The van der Waals surface area contributed by atoms with Gasteiger partial charge in [0.1, 0.15) is 11.6 Å². The second-order valence-corrected chi connectivity index (χ2v) is 5.89. The smallest absolute Gasteiger partial charge is 0.354 e. The number of hydrogen-bond donors (Lipinski definition) is 0. The summed E-state index contributed by atoms with van der Waals surface area (Å²) in [5.41, 5.74) is 0.839. The van der Waals surface area contributed by atoms with Gasteiger partial charge >= 0.3 is 11.7 Å². The van der Waals surface area contributed by atoms with Gasteiger partial charge in [-0.15, -0.1) is 0 Å². The summed E-state index contributed by atoms with van der Waals surface area (Å²) >= 11 is 0. The molecule has 132 valence electrons. The highest BCUT2D eigenvalue weighted by atomic mass is 19.1. The van der Waals surface area contributed by atoms with Crippen molar-refractivity contribution < 1.29 is 13.9 Å². The molecule has 0 spiro atoms. The molecule has 8 heteroatoms. The van der Waals surface area contributed by atoms with Crippen molar-refractivity contribution in [1.82, 2.24) is 14.3 Å². The average Bonchev–Trinajstić information content (AvgIpc) is 3.14. The average molecular weight is 354 g/mol. The van der Waals surface area contributed by atoms with Crippen LogP contribution in [-0.4, -0.2) is 27.5 Å². The number of anilines is 1. The lowest BCUT2D eigenvalue weighted by Gasteiger charge is -2.15. The van der Waals surface area contributed by atoms with Gasteiger partial charge in [-0.2, -0.15) is 9.67 Å². The zero-order valence-corrected chi connectivity index (χ0v) is 13.9.